The fourth-order valence-corrected chi connectivity index (χ4v) is 1.58. The van der Waals surface area contributed by atoms with Crippen LogP contribution in [0.2, 0.25) is 0 Å². The highest BCUT2D eigenvalue weighted by Crippen LogP contribution is 2.13. The maximum absolute atomic E-state index is 3.17. The summed E-state index contributed by atoms with van der Waals surface area (Å²) in [6, 6.07) is 14.5. The van der Waals surface area contributed by atoms with E-state index < -0.39 is 0 Å². The van der Waals surface area contributed by atoms with Crippen molar-refractivity contribution in [3.63, 3.8) is 0 Å². The first kappa shape index (κ1) is 14.7. The lowest BCUT2D eigenvalue weighted by Gasteiger charge is -2.11. The number of nitrogens with zero attached hydrogens (tertiary/aromatic N) is 1. The van der Waals surface area contributed by atoms with Gasteiger partial charge in [-0.15, -0.1) is 0 Å². The Bertz CT molecular complexity index is 490. The molecule has 0 amide bonds. The molecule has 3 heteroatoms. The standard InChI is InChI=1S/C15H16N2.HI/c1-17(2)15-10-7-13(8-11-15)6-9-14-5-3-4-12-16-14;/h3-12H,1-2H3;1H. The van der Waals surface area contributed by atoms with E-state index in [2.05, 4.69) is 46.3 Å². The normalized spacial score (nSPS) is 10.1. The van der Waals surface area contributed by atoms with Crippen LogP contribution in [0, 0.1) is 0 Å². The van der Waals surface area contributed by atoms with Crippen molar-refractivity contribution >= 4 is 17.8 Å². The van der Waals surface area contributed by atoms with Crippen LogP contribution in [0.15, 0.2) is 48.7 Å². The van der Waals surface area contributed by atoms with Gasteiger partial charge in [-0.2, -0.15) is 0 Å². The second-order valence-electron chi connectivity index (χ2n) is 4.14. The molecule has 0 radical (unpaired) electrons. The van der Waals surface area contributed by atoms with Gasteiger partial charge in [-0.1, -0.05) is 12.1 Å². The van der Waals surface area contributed by atoms with Crippen molar-refractivity contribution in [2.45, 2.75) is 0 Å². The summed E-state index contributed by atoms with van der Waals surface area (Å²) < 4.78 is 0. The maximum Gasteiger partial charge on any atom is 0.203 e. The highest BCUT2D eigenvalue weighted by atomic mass is 127. The molecular formula is C15H17IN2. The van der Waals surface area contributed by atoms with Crippen molar-refractivity contribution in [1.29, 1.82) is 0 Å². The van der Waals surface area contributed by atoms with Crippen molar-refractivity contribution in [2.24, 2.45) is 0 Å². The molecule has 0 aliphatic carbocycles. The van der Waals surface area contributed by atoms with Gasteiger partial charge >= 0.3 is 0 Å². The number of H-pyrrole nitrogens is 1. The lowest BCUT2D eigenvalue weighted by Crippen LogP contribution is -3.00. The van der Waals surface area contributed by atoms with Gasteiger partial charge in [-0.05, 0) is 29.8 Å². The first-order valence-electron chi connectivity index (χ1n) is 5.68. The van der Waals surface area contributed by atoms with Crippen LogP contribution in [0.5, 0.6) is 0 Å². The third kappa shape index (κ3) is 4.14. The molecule has 1 heterocycles. The molecule has 1 aromatic carbocycles. The second-order valence-corrected chi connectivity index (χ2v) is 4.14. The van der Waals surface area contributed by atoms with Gasteiger partial charge in [0.25, 0.3) is 0 Å². The molecule has 94 valence electrons. The Balaban J connectivity index is 0.00000162. The summed E-state index contributed by atoms with van der Waals surface area (Å²) in [5.74, 6) is 0. The molecule has 0 spiro atoms. The second kappa shape index (κ2) is 7.16. The zero-order valence-corrected chi connectivity index (χ0v) is 12.8. The number of aromatic nitrogens is 1. The number of hydrogen-bond donors (Lipinski definition) is 0. The summed E-state index contributed by atoms with van der Waals surface area (Å²) >= 11 is 0. The molecule has 0 fully saturated rings. The largest absolute Gasteiger partial charge is 1.00 e. The van der Waals surface area contributed by atoms with Crippen molar-refractivity contribution in [2.75, 3.05) is 19.0 Å². The Labute approximate surface area is 125 Å². The van der Waals surface area contributed by atoms with E-state index in [4.69, 9.17) is 0 Å². The van der Waals surface area contributed by atoms with E-state index >= 15 is 0 Å². The summed E-state index contributed by atoms with van der Waals surface area (Å²) in [5, 5.41) is 0. The number of benzene rings is 1. The summed E-state index contributed by atoms with van der Waals surface area (Å²) in [5.41, 5.74) is 3.52. The molecule has 0 atom stereocenters. The van der Waals surface area contributed by atoms with Gasteiger partial charge < -0.3 is 28.9 Å². The third-order valence-corrected chi connectivity index (χ3v) is 2.60. The minimum absolute atomic E-state index is 0. The van der Waals surface area contributed by atoms with Gasteiger partial charge in [0, 0.05) is 38.0 Å². The van der Waals surface area contributed by atoms with Crippen LogP contribution in [0.3, 0.4) is 0 Å². The fourth-order valence-electron chi connectivity index (χ4n) is 1.58. The van der Waals surface area contributed by atoms with Gasteiger partial charge in [-0.25, -0.2) is 4.98 Å². The van der Waals surface area contributed by atoms with E-state index in [0.29, 0.717) is 0 Å². The highest BCUT2D eigenvalue weighted by molar-refractivity contribution is 5.68. The van der Waals surface area contributed by atoms with Crippen molar-refractivity contribution in [1.82, 2.24) is 0 Å². The Kier molecular flexibility index (Phi) is 5.85. The molecule has 1 aromatic heterocycles. The summed E-state index contributed by atoms with van der Waals surface area (Å²) in [6.07, 6.45) is 6.10. The smallest absolute Gasteiger partial charge is 0.203 e. The Morgan fingerprint density at radius 1 is 0.944 bits per heavy atom. The van der Waals surface area contributed by atoms with Crippen LogP contribution in [-0.4, -0.2) is 14.1 Å². The number of pyridine rings is 1. The fraction of sp³-hybridized carbons (Fsp3) is 0.133. The van der Waals surface area contributed by atoms with E-state index in [1.165, 1.54) is 11.3 Å². The zero-order valence-electron chi connectivity index (χ0n) is 10.6. The van der Waals surface area contributed by atoms with Crippen LogP contribution in [0.1, 0.15) is 11.3 Å². The number of nitrogens with one attached hydrogen (secondary N) is 1. The molecule has 0 unspecified atom stereocenters. The molecule has 2 nitrogen and oxygen atoms in total. The highest BCUT2D eigenvalue weighted by Gasteiger charge is 1.95. The predicted molar refractivity (Wildman–Crippen MR) is 72.7 cm³/mol. The first-order valence-corrected chi connectivity index (χ1v) is 5.68. The van der Waals surface area contributed by atoms with E-state index in [9.17, 15) is 0 Å². The molecule has 0 saturated carbocycles. The van der Waals surface area contributed by atoms with Crippen LogP contribution >= 0.6 is 0 Å². The van der Waals surface area contributed by atoms with E-state index in [-0.39, 0.29) is 24.0 Å². The van der Waals surface area contributed by atoms with Crippen molar-refractivity contribution < 1.29 is 29.0 Å². The zero-order chi connectivity index (χ0) is 12.1. The molecule has 2 aromatic rings. The van der Waals surface area contributed by atoms with Gasteiger partial charge in [0.2, 0.25) is 5.69 Å². The first-order chi connectivity index (χ1) is 8.25. The molecule has 2 rings (SSSR count). The molecular weight excluding hydrogens is 335 g/mol. The maximum atomic E-state index is 3.17. The molecule has 0 aliphatic heterocycles. The Morgan fingerprint density at radius 3 is 2.22 bits per heavy atom. The van der Waals surface area contributed by atoms with Crippen molar-refractivity contribution in [3.8, 4) is 0 Å². The quantitative estimate of drug-likeness (QED) is 0.696. The number of rotatable bonds is 3. The Hall–Kier alpha value is -1.36. The minimum atomic E-state index is 0. The van der Waals surface area contributed by atoms with Gasteiger partial charge in [0.15, 0.2) is 6.20 Å². The summed E-state index contributed by atoms with van der Waals surface area (Å²) in [6.45, 7) is 0. The molecule has 0 aliphatic rings. The molecule has 0 saturated heterocycles. The minimum Gasteiger partial charge on any atom is -1.00 e. The van der Waals surface area contributed by atoms with Gasteiger partial charge in [0.05, 0.1) is 0 Å². The average Bonchev–Trinajstić information content (AvgIpc) is 2.38. The van der Waals surface area contributed by atoms with E-state index in [0.717, 1.165) is 5.69 Å². The van der Waals surface area contributed by atoms with E-state index in [1.54, 1.807) is 0 Å². The average molecular weight is 352 g/mol. The van der Waals surface area contributed by atoms with Crippen molar-refractivity contribution in [3.05, 3.63) is 59.9 Å². The monoisotopic (exact) mass is 352 g/mol. The predicted octanol–water partition coefficient (Wildman–Crippen LogP) is -0.259. The third-order valence-electron chi connectivity index (χ3n) is 2.60. The number of aromatic amines is 1. The van der Waals surface area contributed by atoms with E-state index in [1.807, 2.05) is 38.5 Å². The molecule has 1 N–H and O–H groups in total. The van der Waals surface area contributed by atoms with Gasteiger partial charge in [-0.3, -0.25) is 0 Å². The molecule has 18 heavy (non-hydrogen) atoms. The van der Waals surface area contributed by atoms with Crippen LogP contribution < -0.4 is 33.9 Å². The number of hydrogen-bond acceptors (Lipinski definition) is 1. The van der Waals surface area contributed by atoms with Crippen LogP contribution in [0.25, 0.3) is 12.2 Å². The lowest BCUT2D eigenvalue weighted by molar-refractivity contribution is -0.380. The molecule has 0 bridgehead atoms. The number of halogens is 1. The van der Waals surface area contributed by atoms with Crippen LogP contribution in [0.4, 0.5) is 5.69 Å². The Morgan fingerprint density at radius 2 is 1.67 bits per heavy atom. The van der Waals surface area contributed by atoms with Gasteiger partial charge in [0.1, 0.15) is 0 Å². The summed E-state index contributed by atoms with van der Waals surface area (Å²) in [4.78, 5) is 5.27. The topological polar surface area (TPSA) is 17.4 Å². The van der Waals surface area contributed by atoms with Crippen LogP contribution in [-0.2, 0) is 0 Å². The number of anilines is 1. The SMILES string of the molecule is CN(C)c1ccc(C=Cc2cccc[nH+]2)cc1.[I-]. The lowest BCUT2D eigenvalue weighted by atomic mass is 10.1. The summed E-state index contributed by atoms with van der Waals surface area (Å²) in [7, 11) is 4.09.